The van der Waals surface area contributed by atoms with Crippen LogP contribution in [0.15, 0.2) is 24.3 Å². The molecule has 2 heterocycles. The zero-order valence-electron chi connectivity index (χ0n) is 17.3. The first-order chi connectivity index (χ1) is 13.4. The molecule has 7 heteroatoms. The maximum absolute atomic E-state index is 13.0. The molecule has 2 aliphatic rings. The van der Waals surface area contributed by atoms with Gasteiger partial charge < -0.3 is 9.47 Å². The van der Waals surface area contributed by atoms with E-state index in [9.17, 15) is 8.42 Å². The van der Waals surface area contributed by atoms with E-state index < -0.39 is 10.2 Å². The molecule has 3 rings (SSSR count). The van der Waals surface area contributed by atoms with E-state index in [4.69, 9.17) is 9.47 Å². The molecule has 0 N–H and O–H groups in total. The van der Waals surface area contributed by atoms with E-state index >= 15 is 0 Å². The molecule has 2 unspecified atom stereocenters. The minimum Gasteiger partial charge on any atom is -0.494 e. The summed E-state index contributed by atoms with van der Waals surface area (Å²) >= 11 is 0. The van der Waals surface area contributed by atoms with Crippen molar-refractivity contribution >= 4 is 10.2 Å². The van der Waals surface area contributed by atoms with Gasteiger partial charge in [0, 0.05) is 26.2 Å². The zero-order valence-corrected chi connectivity index (χ0v) is 18.2. The van der Waals surface area contributed by atoms with Crippen molar-refractivity contribution in [3.63, 3.8) is 0 Å². The Labute approximate surface area is 170 Å². The maximum atomic E-state index is 13.0. The predicted molar refractivity (Wildman–Crippen MR) is 111 cm³/mol. The Morgan fingerprint density at radius 1 is 1.04 bits per heavy atom. The van der Waals surface area contributed by atoms with E-state index in [1.807, 2.05) is 32.9 Å². The van der Waals surface area contributed by atoms with Gasteiger partial charge in [0.2, 0.25) is 0 Å². The van der Waals surface area contributed by atoms with Crippen LogP contribution in [-0.2, 0) is 21.4 Å². The smallest absolute Gasteiger partial charge is 0.282 e. The molecule has 0 aliphatic carbocycles. The van der Waals surface area contributed by atoms with Crippen LogP contribution >= 0.6 is 0 Å². The Hall–Kier alpha value is -1.15. The molecule has 1 aromatic carbocycles. The monoisotopic (exact) mass is 410 g/mol. The first-order valence-electron chi connectivity index (χ1n) is 10.5. The Morgan fingerprint density at radius 3 is 2.21 bits per heavy atom. The number of hydrogen-bond acceptors (Lipinski definition) is 4. The average molecular weight is 411 g/mol. The summed E-state index contributed by atoms with van der Waals surface area (Å²) in [7, 11) is -3.38. The Kier molecular flexibility index (Phi) is 7.36. The lowest BCUT2D eigenvalue weighted by molar-refractivity contribution is -0.0456. The fraction of sp³-hybridized carbons (Fsp3) is 0.714. The minimum absolute atomic E-state index is 0.0508. The lowest BCUT2D eigenvalue weighted by atomic mass is 9.91. The van der Waals surface area contributed by atoms with Gasteiger partial charge in [-0.2, -0.15) is 17.0 Å². The van der Waals surface area contributed by atoms with E-state index in [2.05, 4.69) is 12.1 Å². The lowest BCUT2D eigenvalue weighted by Crippen LogP contribution is -2.54. The number of hydrogen-bond donors (Lipinski definition) is 0. The molecule has 2 aliphatic heterocycles. The molecule has 2 atom stereocenters. The molecule has 158 valence electrons. The topological polar surface area (TPSA) is 59.1 Å². The van der Waals surface area contributed by atoms with E-state index in [1.165, 1.54) is 5.56 Å². The average Bonchev–Trinajstić information content (AvgIpc) is 2.67. The quantitative estimate of drug-likeness (QED) is 0.693. The molecule has 0 spiro atoms. The van der Waals surface area contributed by atoms with Crippen molar-refractivity contribution in [1.82, 2.24) is 8.61 Å². The summed E-state index contributed by atoms with van der Waals surface area (Å²) in [5.74, 6) is 1.50. The van der Waals surface area contributed by atoms with Crippen LogP contribution < -0.4 is 4.74 Å². The first-order valence-corrected chi connectivity index (χ1v) is 11.9. The van der Waals surface area contributed by atoms with Crippen LogP contribution in [0.3, 0.4) is 0 Å². The summed E-state index contributed by atoms with van der Waals surface area (Å²) in [6.07, 6.45) is 3.91. The van der Waals surface area contributed by atoms with Gasteiger partial charge in [-0.05, 0) is 70.1 Å². The van der Waals surface area contributed by atoms with Gasteiger partial charge in [-0.15, -0.1) is 0 Å². The van der Waals surface area contributed by atoms with Crippen molar-refractivity contribution in [2.24, 2.45) is 5.92 Å². The van der Waals surface area contributed by atoms with Crippen LogP contribution in [0.4, 0.5) is 0 Å². The van der Waals surface area contributed by atoms with E-state index in [0.29, 0.717) is 38.7 Å². The lowest BCUT2D eigenvalue weighted by Gasteiger charge is -2.39. The van der Waals surface area contributed by atoms with Gasteiger partial charge in [0.15, 0.2) is 0 Å². The van der Waals surface area contributed by atoms with Crippen LogP contribution in [0, 0.1) is 5.92 Å². The highest BCUT2D eigenvalue weighted by Gasteiger charge is 2.36. The van der Waals surface area contributed by atoms with Crippen LogP contribution in [-0.4, -0.2) is 62.0 Å². The highest BCUT2D eigenvalue weighted by Crippen LogP contribution is 2.27. The number of aryl methyl sites for hydroxylation is 1. The van der Waals surface area contributed by atoms with Crippen LogP contribution in [0.5, 0.6) is 5.75 Å². The van der Waals surface area contributed by atoms with Crippen molar-refractivity contribution in [3.8, 4) is 5.75 Å². The van der Waals surface area contributed by atoms with Gasteiger partial charge in [-0.1, -0.05) is 12.1 Å². The van der Waals surface area contributed by atoms with Crippen LogP contribution in [0.1, 0.15) is 45.6 Å². The van der Waals surface area contributed by atoms with Gasteiger partial charge in [0.05, 0.1) is 18.8 Å². The third-order valence-corrected chi connectivity index (χ3v) is 7.66. The fourth-order valence-corrected chi connectivity index (χ4v) is 6.00. The fourth-order valence-electron chi connectivity index (χ4n) is 4.20. The maximum Gasteiger partial charge on any atom is 0.282 e. The summed E-state index contributed by atoms with van der Waals surface area (Å²) in [4.78, 5) is 0. The molecule has 1 aromatic rings. The molecule has 0 aromatic heterocycles. The summed E-state index contributed by atoms with van der Waals surface area (Å²) in [5.41, 5.74) is 1.31. The van der Waals surface area contributed by atoms with Crippen LogP contribution in [0.2, 0.25) is 0 Å². The number of morpholine rings is 1. The summed E-state index contributed by atoms with van der Waals surface area (Å²) in [6, 6.07) is 8.31. The van der Waals surface area contributed by atoms with Crippen molar-refractivity contribution in [2.75, 3.05) is 32.8 Å². The van der Waals surface area contributed by atoms with Gasteiger partial charge >= 0.3 is 0 Å². The second-order valence-corrected chi connectivity index (χ2v) is 9.97. The van der Waals surface area contributed by atoms with E-state index in [-0.39, 0.29) is 12.2 Å². The highest BCUT2D eigenvalue weighted by atomic mass is 32.2. The number of nitrogens with zero attached hydrogens (tertiary/aromatic N) is 2. The van der Waals surface area contributed by atoms with Crippen molar-refractivity contribution in [3.05, 3.63) is 29.8 Å². The normalized spacial score (nSPS) is 25.7. The number of benzene rings is 1. The van der Waals surface area contributed by atoms with Gasteiger partial charge in [-0.25, -0.2) is 0 Å². The largest absolute Gasteiger partial charge is 0.494 e. The number of ether oxygens (including phenoxy) is 2. The van der Waals surface area contributed by atoms with Gasteiger partial charge in [-0.3, -0.25) is 0 Å². The molecule has 28 heavy (non-hydrogen) atoms. The molecular weight excluding hydrogens is 376 g/mol. The SMILES string of the molecule is CCOc1ccc(CCC2CCN(S(=O)(=O)N3CC(C)OC(C)C3)CC2)cc1. The molecule has 0 amide bonds. The van der Waals surface area contributed by atoms with E-state index in [1.54, 1.807) is 8.61 Å². The molecule has 0 radical (unpaired) electrons. The van der Waals surface area contributed by atoms with Crippen LogP contribution in [0.25, 0.3) is 0 Å². The molecule has 2 fully saturated rings. The summed E-state index contributed by atoms with van der Waals surface area (Å²) in [5, 5.41) is 0. The summed E-state index contributed by atoms with van der Waals surface area (Å²) in [6.45, 7) is 8.68. The van der Waals surface area contributed by atoms with Crippen molar-refractivity contribution in [2.45, 2.75) is 58.7 Å². The molecule has 6 nitrogen and oxygen atoms in total. The van der Waals surface area contributed by atoms with Crippen molar-refractivity contribution in [1.29, 1.82) is 0 Å². The zero-order chi connectivity index (χ0) is 20.1. The van der Waals surface area contributed by atoms with E-state index in [0.717, 1.165) is 31.4 Å². The Bertz CT molecular complexity index is 704. The number of rotatable bonds is 7. The first kappa shape index (κ1) is 21.6. The third kappa shape index (κ3) is 5.47. The Morgan fingerprint density at radius 2 is 1.64 bits per heavy atom. The van der Waals surface area contributed by atoms with Crippen molar-refractivity contribution < 1.29 is 17.9 Å². The molecule has 0 saturated carbocycles. The molecular formula is C21H34N2O4S. The number of piperidine rings is 1. The van der Waals surface area contributed by atoms with Gasteiger partial charge in [0.1, 0.15) is 5.75 Å². The van der Waals surface area contributed by atoms with Gasteiger partial charge in [0.25, 0.3) is 10.2 Å². The second-order valence-electron chi connectivity index (χ2n) is 8.04. The minimum atomic E-state index is -3.38. The molecule has 2 saturated heterocycles. The summed E-state index contributed by atoms with van der Waals surface area (Å²) < 4.78 is 40.4. The highest BCUT2D eigenvalue weighted by molar-refractivity contribution is 7.86. The molecule has 0 bridgehead atoms. The standard InChI is InChI=1S/C21H34N2O4S/c1-4-26-21-9-7-19(8-10-21)5-6-20-11-13-22(14-12-20)28(24,25)23-15-17(2)27-18(3)16-23/h7-10,17-18,20H,4-6,11-16H2,1-3H3. The predicted octanol–water partition coefficient (Wildman–Crippen LogP) is 3.08. The third-order valence-electron chi connectivity index (χ3n) is 5.69. The second kappa shape index (κ2) is 9.57. The Balaban J connectivity index is 1.47.